The average molecular weight is 297 g/mol. The normalized spacial score (nSPS) is 11.7. The van der Waals surface area contributed by atoms with E-state index in [0.29, 0.717) is 6.29 Å². The first-order valence-electron chi connectivity index (χ1n) is 5.80. The number of carbonyl (C=O) groups is 1. The fourth-order valence-corrected chi connectivity index (χ4v) is 2.74. The van der Waals surface area contributed by atoms with Crippen LogP contribution < -0.4 is 5.73 Å². The lowest BCUT2D eigenvalue weighted by atomic mass is 9.96. The lowest BCUT2D eigenvalue weighted by Gasteiger charge is -2.18. The number of hydrogen-bond donors (Lipinski definition) is 2. The van der Waals surface area contributed by atoms with Gasteiger partial charge in [0.2, 0.25) is 0 Å². The summed E-state index contributed by atoms with van der Waals surface area (Å²) in [7, 11) is 0. The molecule has 0 aliphatic rings. The molecule has 6 heteroatoms. The molecule has 2 rings (SSSR count). The topological polar surface area (TPSA) is 63.3 Å². The Kier molecular flexibility index (Phi) is 3.62. The van der Waals surface area contributed by atoms with E-state index in [-0.39, 0.29) is 26.6 Å². The molecule has 0 saturated carbocycles. The Hall–Kier alpha value is -1.79. The van der Waals surface area contributed by atoms with Gasteiger partial charge in [-0.05, 0) is 37.6 Å². The van der Waals surface area contributed by atoms with Gasteiger partial charge < -0.3 is 10.8 Å². The fraction of sp³-hybridized carbons (Fsp3) is 0.214. The van der Waals surface area contributed by atoms with Crippen molar-refractivity contribution in [1.29, 1.82) is 0 Å². The second kappa shape index (κ2) is 4.96. The standard InChI is InChI=1S/C14H13F2NO2S/c1-14(2,19)8-4-9(15)12(10(16)5-8)11-3-7(6-18)13(17)20-11/h3-6,19H,17H2,1-2H3. The first-order chi connectivity index (χ1) is 9.24. The molecule has 1 aromatic carbocycles. The maximum absolute atomic E-state index is 14.1. The van der Waals surface area contributed by atoms with E-state index in [4.69, 9.17) is 5.73 Å². The Balaban J connectivity index is 2.60. The van der Waals surface area contributed by atoms with Gasteiger partial charge in [-0.25, -0.2) is 8.78 Å². The van der Waals surface area contributed by atoms with Crippen LogP contribution in [0.15, 0.2) is 18.2 Å². The molecule has 3 N–H and O–H groups in total. The zero-order valence-electron chi connectivity index (χ0n) is 10.9. The molecule has 0 amide bonds. The molecule has 0 spiro atoms. The van der Waals surface area contributed by atoms with Crippen LogP contribution in [0.3, 0.4) is 0 Å². The minimum Gasteiger partial charge on any atom is -0.390 e. The fourth-order valence-electron chi connectivity index (χ4n) is 1.80. The zero-order valence-corrected chi connectivity index (χ0v) is 11.7. The Labute approximate surface area is 118 Å². The van der Waals surface area contributed by atoms with Crippen molar-refractivity contribution < 1.29 is 18.7 Å². The summed E-state index contributed by atoms with van der Waals surface area (Å²) in [5.41, 5.74) is 4.34. The van der Waals surface area contributed by atoms with Crippen molar-refractivity contribution >= 4 is 22.6 Å². The second-order valence-corrected chi connectivity index (χ2v) is 6.01. The van der Waals surface area contributed by atoms with E-state index < -0.39 is 17.2 Å². The number of rotatable bonds is 3. The van der Waals surface area contributed by atoms with Gasteiger partial charge in [0.15, 0.2) is 6.29 Å². The molecule has 2 aromatic rings. The van der Waals surface area contributed by atoms with Gasteiger partial charge in [-0.1, -0.05) is 0 Å². The van der Waals surface area contributed by atoms with Gasteiger partial charge >= 0.3 is 0 Å². The molecular weight excluding hydrogens is 284 g/mol. The second-order valence-electron chi connectivity index (χ2n) is 4.92. The largest absolute Gasteiger partial charge is 0.390 e. The van der Waals surface area contributed by atoms with E-state index in [0.717, 1.165) is 23.5 Å². The average Bonchev–Trinajstić information content (AvgIpc) is 2.68. The minimum absolute atomic E-state index is 0.136. The van der Waals surface area contributed by atoms with Gasteiger partial charge in [0.25, 0.3) is 0 Å². The lowest BCUT2D eigenvalue weighted by molar-refractivity contribution is 0.0779. The van der Waals surface area contributed by atoms with Crippen LogP contribution in [-0.2, 0) is 5.60 Å². The number of aldehydes is 1. The number of aliphatic hydroxyl groups is 1. The molecule has 0 bridgehead atoms. The maximum Gasteiger partial charge on any atom is 0.153 e. The van der Waals surface area contributed by atoms with Crippen molar-refractivity contribution in [3.63, 3.8) is 0 Å². The summed E-state index contributed by atoms with van der Waals surface area (Å²) in [6.45, 7) is 2.88. The number of nitrogens with two attached hydrogens (primary N) is 1. The van der Waals surface area contributed by atoms with E-state index >= 15 is 0 Å². The number of halogens is 2. The van der Waals surface area contributed by atoms with E-state index in [9.17, 15) is 18.7 Å². The Morgan fingerprint density at radius 2 is 1.80 bits per heavy atom. The monoisotopic (exact) mass is 297 g/mol. The number of anilines is 1. The van der Waals surface area contributed by atoms with Crippen molar-refractivity contribution in [2.75, 3.05) is 5.73 Å². The lowest BCUT2D eigenvalue weighted by Crippen LogP contribution is -2.16. The van der Waals surface area contributed by atoms with Gasteiger partial charge in [-0.3, -0.25) is 4.79 Å². The van der Waals surface area contributed by atoms with Crippen LogP contribution in [0.5, 0.6) is 0 Å². The maximum atomic E-state index is 14.1. The van der Waals surface area contributed by atoms with Crippen LogP contribution in [-0.4, -0.2) is 11.4 Å². The molecule has 0 radical (unpaired) electrons. The Morgan fingerprint density at radius 3 is 2.20 bits per heavy atom. The Morgan fingerprint density at radius 1 is 1.25 bits per heavy atom. The molecule has 0 unspecified atom stereocenters. The summed E-state index contributed by atoms with van der Waals surface area (Å²) < 4.78 is 28.2. The van der Waals surface area contributed by atoms with Gasteiger partial charge in [0, 0.05) is 10.4 Å². The highest BCUT2D eigenvalue weighted by Crippen LogP contribution is 2.37. The van der Waals surface area contributed by atoms with Gasteiger partial charge in [0.05, 0.1) is 16.2 Å². The first-order valence-corrected chi connectivity index (χ1v) is 6.62. The minimum atomic E-state index is -1.34. The van der Waals surface area contributed by atoms with Crippen LogP contribution in [0, 0.1) is 11.6 Å². The summed E-state index contributed by atoms with van der Waals surface area (Å²) in [6, 6.07) is 3.50. The highest BCUT2D eigenvalue weighted by Gasteiger charge is 2.22. The number of hydrogen-bond acceptors (Lipinski definition) is 4. The van der Waals surface area contributed by atoms with E-state index in [2.05, 4.69) is 0 Å². The molecular formula is C14H13F2NO2S. The predicted octanol–water partition coefficient (Wildman–Crippen LogP) is 3.32. The molecule has 0 aliphatic carbocycles. The van der Waals surface area contributed by atoms with Crippen molar-refractivity contribution in [3.05, 3.63) is 41.0 Å². The van der Waals surface area contributed by atoms with Gasteiger partial charge in [-0.15, -0.1) is 11.3 Å². The smallest absolute Gasteiger partial charge is 0.153 e. The van der Waals surface area contributed by atoms with Crippen molar-refractivity contribution in [3.8, 4) is 10.4 Å². The molecule has 1 heterocycles. The molecule has 0 fully saturated rings. The summed E-state index contributed by atoms with van der Waals surface area (Å²) in [5, 5.41) is 10.00. The number of benzene rings is 1. The third kappa shape index (κ3) is 2.57. The molecule has 3 nitrogen and oxygen atoms in total. The quantitative estimate of drug-likeness (QED) is 0.854. The highest BCUT2D eigenvalue weighted by atomic mass is 32.1. The van der Waals surface area contributed by atoms with Crippen molar-refractivity contribution in [2.45, 2.75) is 19.4 Å². The molecule has 1 aromatic heterocycles. The molecule has 0 saturated heterocycles. The number of carbonyl (C=O) groups excluding carboxylic acids is 1. The van der Waals surface area contributed by atoms with Gasteiger partial charge in [0.1, 0.15) is 11.6 Å². The van der Waals surface area contributed by atoms with E-state index in [1.165, 1.54) is 19.9 Å². The highest BCUT2D eigenvalue weighted by molar-refractivity contribution is 7.19. The van der Waals surface area contributed by atoms with Crippen LogP contribution in [0.4, 0.5) is 13.8 Å². The summed E-state index contributed by atoms with van der Waals surface area (Å²) >= 11 is 0.938. The number of thiophene rings is 1. The molecule has 0 atom stereocenters. The SMILES string of the molecule is CC(C)(O)c1cc(F)c(-c2cc(C=O)c(N)s2)c(F)c1. The van der Waals surface area contributed by atoms with Gasteiger partial charge in [-0.2, -0.15) is 0 Å². The summed E-state index contributed by atoms with van der Waals surface area (Å²) in [6.07, 6.45) is 0.538. The molecule has 0 aliphatic heterocycles. The zero-order chi connectivity index (χ0) is 15.1. The van der Waals surface area contributed by atoms with E-state index in [1.807, 2.05) is 0 Å². The third-order valence-corrected chi connectivity index (χ3v) is 3.91. The predicted molar refractivity (Wildman–Crippen MR) is 74.7 cm³/mol. The number of nitrogen functional groups attached to an aromatic ring is 1. The summed E-state index contributed by atoms with van der Waals surface area (Å²) in [4.78, 5) is 11.0. The summed E-state index contributed by atoms with van der Waals surface area (Å²) in [5.74, 6) is -1.61. The third-order valence-electron chi connectivity index (χ3n) is 2.91. The first kappa shape index (κ1) is 14.6. The van der Waals surface area contributed by atoms with E-state index in [1.54, 1.807) is 0 Å². The van der Waals surface area contributed by atoms with Crippen molar-refractivity contribution in [2.24, 2.45) is 0 Å². The Bertz CT molecular complexity index is 651. The van der Waals surface area contributed by atoms with Crippen LogP contribution in [0.1, 0.15) is 29.8 Å². The van der Waals surface area contributed by atoms with Crippen LogP contribution >= 0.6 is 11.3 Å². The van der Waals surface area contributed by atoms with Crippen molar-refractivity contribution in [1.82, 2.24) is 0 Å². The molecule has 20 heavy (non-hydrogen) atoms. The van der Waals surface area contributed by atoms with Crippen LogP contribution in [0.25, 0.3) is 10.4 Å². The van der Waals surface area contributed by atoms with Crippen LogP contribution in [0.2, 0.25) is 0 Å². The molecule has 106 valence electrons.